The van der Waals surface area contributed by atoms with Gasteiger partial charge in [-0.15, -0.1) is 0 Å². The van der Waals surface area contributed by atoms with Crippen molar-refractivity contribution in [2.75, 3.05) is 7.11 Å². The molecule has 2 heteroatoms. The minimum atomic E-state index is 0.170. The van der Waals surface area contributed by atoms with Gasteiger partial charge in [-0.05, 0) is 37.7 Å². The first-order chi connectivity index (χ1) is 7.74. The maximum absolute atomic E-state index is 5.65. The van der Waals surface area contributed by atoms with Gasteiger partial charge in [0.25, 0.3) is 0 Å². The van der Waals surface area contributed by atoms with Crippen LogP contribution in [0.3, 0.4) is 0 Å². The van der Waals surface area contributed by atoms with E-state index in [1.54, 1.807) is 0 Å². The van der Waals surface area contributed by atoms with Crippen LogP contribution in [-0.2, 0) is 11.2 Å². The molecule has 1 atom stereocenters. The minimum Gasteiger partial charge on any atom is -0.378 e. The van der Waals surface area contributed by atoms with Gasteiger partial charge in [-0.25, -0.2) is 0 Å². The fraction of sp³-hybridized carbons (Fsp3) is 0.571. The van der Waals surface area contributed by atoms with Crippen molar-refractivity contribution >= 4 is 15.9 Å². The number of methoxy groups -OCH3 is 1. The Labute approximate surface area is 106 Å². The molecule has 0 amide bonds. The van der Waals surface area contributed by atoms with Crippen molar-refractivity contribution in [3.8, 4) is 0 Å². The van der Waals surface area contributed by atoms with Crippen LogP contribution in [0.25, 0.3) is 0 Å². The Bertz CT molecular complexity index is 313. The van der Waals surface area contributed by atoms with Gasteiger partial charge in [0.1, 0.15) is 0 Å². The zero-order valence-electron chi connectivity index (χ0n) is 9.79. The van der Waals surface area contributed by atoms with Crippen molar-refractivity contribution in [2.45, 2.75) is 42.5 Å². The van der Waals surface area contributed by atoms with E-state index in [0.29, 0.717) is 4.83 Å². The zero-order valence-corrected chi connectivity index (χ0v) is 11.4. The zero-order chi connectivity index (χ0) is 11.4. The number of hydrogen-bond donors (Lipinski definition) is 0. The van der Waals surface area contributed by atoms with Crippen molar-refractivity contribution in [2.24, 2.45) is 0 Å². The predicted molar refractivity (Wildman–Crippen MR) is 71.1 cm³/mol. The first-order valence-electron chi connectivity index (χ1n) is 5.97. The summed E-state index contributed by atoms with van der Waals surface area (Å²) in [6.07, 6.45) is 5.98. The highest BCUT2D eigenvalue weighted by molar-refractivity contribution is 9.09. The molecule has 2 rings (SSSR count). The van der Waals surface area contributed by atoms with Crippen LogP contribution in [0.5, 0.6) is 0 Å². The molecule has 1 aromatic rings. The topological polar surface area (TPSA) is 9.23 Å². The number of alkyl halides is 1. The fourth-order valence-electron chi connectivity index (χ4n) is 2.41. The van der Waals surface area contributed by atoms with E-state index in [4.69, 9.17) is 4.74 Å². The van der Waals surface area contributed by atoms with Gasteiger partial charge in [0.15, 0.2) is 0 Å². The molecule has 1 fully saturated rings. The van der Waals surface area contributed by atoms with E-state index in [1.165, 1.54) is 24.8 Å². The van der Waals surface area contributed by atoms with E-state index in [9.17, 15) is 0 Å². The third kappa shape index (κ3) is 2.86. The maximum Gasteiger partial charge on any atom is 0.0689 e. The molecule has 0 radical (unpaired) electrons. The number of hydrogen-bond acceptors (Lipinski definition) is 1. The molecule has 16 heavy (non-hydrogen) atoms. The summed E-state index contributed by atoms with van der Waals surface area (Å²) in [6.45, 7) is 0. The van der Waals surface area contributed by atoms with Gasteiger partial charge in [0.05, 0.1) is 5.60 Å². The molecule has 0 bridgehead atoms. The van der Waals surface area contributed by atoms with Crippen molar-refractivity contribution in [1.29, 1.82) is 0 Å². The number of halogens is 1. The van der Waals surface area contributed by atoms with Crippen molar-refractivity contribution < 1.29 is 4.74 Å². The van der Waals surface area contributed by atoms with Gasteiger partial charge in [-0.1, -0.05) is 46.3 Å². The third-order valence-electron chi connectivity index (χ3n) is 3.59. The Morgan fingerprint density at radius 3 is 2.50 bits per heavy atom. The van der Waals surface area contributed by atoms with Crippen LogP contribution in [-0.4, -0.2) is 17.5 Å². The summed E-state index contributed by atoms with van der Waals surface area (Å²) >= 11 is 3.79. The fourth-order valence-corrected chi connectivity index (χ4v) is 3.37. The molecular weight excluding hydrogens is 264 g/mol. The van der Waals surface area contributed by atoms with Crippen LogP contribution in [0, 0.1) is 0 Å². The van der Waals surface area contributed by atoms with Crippen LogP contribution in [0.4, 0.5) is 0 Å². The SMILES string of the molecule is COC1(CC(Br)Cc2ccccc2)CCC1. The Morgan fingerprint density at radius 2 is 2.00 bits per heavy atom. The van der Waals surface area contributed by atoms with E-state index in [0.717, 1.165) is 12.8 Å². The Morgan fingerprint density at radius 1 is 1.31 bits per heavy atom. The lowest BCUT2D eigenvalue weighted by Gasteiger charge is -2.42. The normalized spacial score (nSPS) is 20.1. The second-order valence-electron chi connectivity index (χ2n) is 4.73. The van der Waals surface area contributed by atoms with Crippen LogP contribution >= 0.6 is 15.9 Å². The van der Waals surface area contributed by atoms with Crippen molar-refractivity contribution in [3.05, 3.63) is 35.9 Å². The molecule has 1 aromatic carbocycles. The molecule has 0 aromatic heterocycles. The average molecular weight is 283 g/mol. The molecule has 0 aliphatic heterocycles. The summed E-state index contributed by atoms with van der Waals surface area (Å²) in [5, 5.41) is 0. The van der Waals surface area contributed by atoms with Crippen LogP contribution in [0.15, 0.2) is 30.3 Å². The Balaban J connectivity index is 1.87. The summed E-state index contributed by atoms with van der Waals surface area (Å²) in [5.41, 5.74) is 1.57. The Hall–Kier alpha value is -0.340. The smallest absolute Gasteiger partial charge is 0.0689 e. The van der Waals surface area contributed by atoms with Gasteiger partial charge >= 0.3 is 0 Å². The van der Waals surface area contributed by atoms with Gasteiger partial charge in [0.2, 0.25) is 0 Å². The summed E-state index contributed by atoms with van der Waals surface area (Å²) in [5.74, 6) is 0. The lowest BCUT2D eigenvalue weighted by molar-refractivity contribution is -0.0770. The molecule has 1 aliphatic rings. The third-order valence-corrected chi connectivity index (χ3v) is 4.24. The summed E-state index contributed by atoms with van der Waals surface area (Å²) < 4.78 is 5.65. The Kier molecular flexibility index (Phi) is 4.04. The highest BCUT2D eigenvalue weighted by atomic mass is 79.9. The molecule has 0 N–H and O–H groups in total. The molecule has 88 valence electrons. The lowest BCUT2D eigenvalue weighted by atomic mass is 9.76. The van der Waals surface area contributed by atoms with Crippen LogP contribution in [0.1, 0.15) is 31.2 Å². The molecular formula is C14H19BrO. The first kappa shape index (κ1) is 12.1. The molecule has 1 saturated carbocycles. The van der Waals surface area contributed by atoms with Crippen LogP contribution in [0.2, 0.25) is 0 Å². The molecule has 1 nitrogen and oxygen atoms in total. The largest absolute Gasteiger partial charge is 0.378 e. The number of ether oxygens (including phenoxy) is 1. The van der Waals surface area contributed by atoms with Gasteiger partial charge in [-0.3, -0.25) is 0 Å². The van der Waals surface area contributed by atoms with E-state index in [-0.39, 0.29) is 5.60 Å². The molecule has 0 saturated heterocycles. The standard InChI is InChI=1S/C14H19BrO/c1-16-14(8-5-9-14)11-13(15)10-12-6-3-2-4-7-12/h2-4,6-7,13H,5,8-11H2,1H3. The molecule has 1 unspecified atom stereocenters. The van der Waals surface area contributed by atoms with Crippen molar-refractivity contribution in [3.63, 3.8) is 0 Å². The van der Waals surface area contributed by atoms with Gasteiger partial charge in [-0.2, -0.15) is 0 Å². The number of benzene rings is 1. The lowest BCUT2D eigenvalue weighted by Crippen LogP contribution is -2.41. The van der Waals surface area contributed by atoms with Gasteiger partial charge < -0.3 is 4.74 Å². The van der Waals surface area contributed by atoms with E-state index in [2.05, 4.69) is 46.3 Å². The predicted octanol–water partition coefficient (Wildman–Crippen LogP) is 3.95. The summed E-state index contributed by atoms with van der Waals surface area (Å²) in [7, 11) is 1.85. The van der Waals surface area contributed by atoms with Gasteiger partial charge in [0, 0.05) is 11.9 Å². The van der Waals surface area contributed by atoms with E-state index >= 15 is 0 Å². The average Bonchev–Trinajstić information content (AvgIpc) is 2.25. The summed E-state index contributed by atoms with van der Waals surface area (Å²) in [6, 6.07) is 10.6. The van der Waals surface area contributed by atoms with E-state index in [1.807, 2.05) is 7.11 Å². The van der Waals surface area contributed by atoms with Crippen LogP contribution < -0.4 is 0 Å². The molecule has 0 heterocycles. The first-order valence-corrected chi connectivity index (χ1v) is 6.89. The summed E-state index contributed by atoms with van der Waals surface area (Å²) in [4.78, 5) is 0.523. The highest BCUT2D eigenvalue weighted by Gasteiger charge is 2.38. The van der Waals surface area contributed by atoms with E-state index < -0.39 is 0 Å². The second kappa shape index (κ2) is 5.33. The minimum absolute atomic E-state index is 0.170. The monoisotopic (exact) mass is 282 g/mol. The van der Waals surface area contributed by atoms with Crippen molar-refractivity contribution in [1.82, 2.24) is 0 Å². The molecule has 1 aliphatic carbocycles. The molecule has 0 spiro atoms. The quantitative estimate of drug-likeness (QED) is 0.743. The second-order valence-corrected chi connectivity index (χ2v) is 6.03. The highest BCUT2D eigenvalue weighted by Crippen LogP contribution is 2.40. The number of rotatable bonds is 5. The maximum atomic E-state index is 5.65.